The lowest BCUT2D eigenvalue weighted by Gasteiger charge is -2.15. The minimum absolute atomic E-state index is 0.0150. The summed E-state index contributed by atoms with van der Waals surface area (Å²) >= 11 is 0. The van der Waals surface area contributed by atoms with Gasteiger partial charge in [-0.3, -0.25) is 14.2 Å². The Morgan fingerprint density at radius 2 is 2.12 bits per heavy atom. The van der Waals surface area contributed by atoms with Gasteiger partial charge in [0.05, 0.1) is 17.8 Å². The Bertz CT molecular complexity index is 879. The number of nitrogens with one attached hydrogen (secondary N) is 3. The van der Waals surface area contributed by atoms with Crippen LogP contribution in [0.3, 0.4) is 0 Å². The summed E-state index contributed by atoms with van der Waals surface area (Å²) in [6.45, 7) is 1.90. The highest BCUT2D eigenvalue weighted by Crippen LogP contribution is 2.21. The highest BCUT2D eigenvalue weighted by molar-refractivity contribution is 5.82. The largest absolute Gasteiger partial charge is 0.345 e. The highest BCUT2D eigenvalue weighted by Gasteiger charge is 2.31. The maximum atomic E-state index is 12.6. The van der Waals surface area contributed by atoms with E-state index in [0.29, 0.717) is 12.2 Å². The second-order valence-electron chi connectivity index (χ2n) is 6.10. The van der Waals surface area contributed by atoms with Crippen LogP contribution in [0.5, 0.6) is 0 Å². The fraction of sp³-hybridized carbons (Fsp3) is 0.294. The maximum absolute atomic E-state index is 12.6. The van der Waals surface area contributed by atoms with Gasteiger partial charge in [-0.25, -0.2) is 10.9 Å². The quantitative estimate of drug-likeness (QED) is 0.655. The van der Waals surface area contributed by atoms with E-state index in [1.165, 1.54) is 0 Å². The molecule has 0 aromatic carbocycles. The van der Waals surface area contributed by atoms with Gasteiger partial charge in [-0.1, -0.05) is 12.1 Å². The number of rotatable bonds is 4. The van der Waals surface area contributed by atoms with Crippen LogP contribution >= 0.6 is 0 Å². The van der Waals surface area contributed by atoms with Gasteiger partial charge >= 0.3 is 0 Å². The lowest BCUT2D eigenvalue weighted by molar-refractivity contribution is -0.123. The van der Waals surface area contributed by atoms with Crippen molar-refractivity contribution in [3.63, 3.8) is 0 Å². The maximum Gasteiger partial charge on any atom is 0.239 e. The summed E-state index contributed by atoms with van der Waals surface area (Å²) in [7, 11) is 0. The molecule has 0 aliphatic carbocycles. The van der Waals surface area contributed by atoms with Crippen molar-refractivity contribution >= 4 is 11.6 Å². The zero-order chi connectivity index (χ0) is 17.2. The summed E-state index contributed by atoms with van der Waals surface area (Å²) in [6.07, 6.45) is 4.28. The van der Waals surface area contributed by atoms with Crippen LogP contribution in [0, 0.1) is 0 Å². The molecule has 1 fully saturated rings. The highest BCUT2D eigenvalue weighted by atomic mass is 16.2. The molecule has 128 valence electrons. The fourth-order valence-corrected chi connectivity index (χ4v) is 3.04. The van der Waals surface area contributed by atoms with Gasteiger partial charge in [0.2, 0.25) is 5.91 Å². The number of amides is 1. The summed E-state index contributed by atoms with van der Waals surface area (Å²) < 4.78 is 1.88. The molecule has 4 heterocycles. The van der Waals surface area contributed by atoms with Gasteiger partial charge in [0, 0.05) is 12.4 Å². The smallest absolute Gasteiger partial charge is 0.239 e. The summed E-state index contributed by atoms with van der Waals surface area (Å²) in [5, 5.41) is 11.3. The normalized spacial score (nSPS) is 21.3. The molecule has 0 radical (unpaired) electrons. The first-order valence-corrected chi connectivity index (χ1v) is 8.24. The van der Waals surface area contributed by atoms with E-state index in [4.69, 9.17) is 0 Å². The Hall–Kier alpha value is -2.84. The Balaban J connectivity index is 1.42. The van der Waals surface area contributed by atoms with E-state index >= 15 is 0 Å². The van der Waals surface area contributed by atoms with E-state index in [1.54, 1.807) is 6.20 Å². The molecule has 3 unspecified atom stereocenters. The summed E-state index contributed by atoms with van der Waals surface area (Å²) in [5.74, 6) is 0.627. The van der Waals surface area contributed by atoms with Gasteiger partial charge in [-0.05, 0) is 37.6 Å². The average Bonchev–Trinajstić information content (AvgIpc) is 3.30. The van der Waals surface area contributed by atoms with Crippen LogP contribution in [-0.4, -0.2) is 31.5 Å². The third-order valence-electron chi connectivity index (χ3n) is 4.35. The van der Waals surface area contributed by atoms with Gasteiger partial charge < -0.3 is 5.32 Å². The molecule has 1 aliphatic heterocycles. The summed E-state index contributed by atoms with van der Waals surface area (Å²) in [4.78, 5) is 16.9. The number of carbonyl (C=O) groups excluding carboxylic acids is 1. The number of carbonyl (C=O) groups is 1. The second-order valence-corrected chi connectivity index (χ2v) is 6.10. The molecule has 3 aromatic rings. The van der Waals surface area contributed by atoms with E-state index in [9.17, 15) is 4.79 Å². The zero-order valence-electron chi connectivity index (χ0n) is 13.8. The molecule has 3 atom stereocenters. The average molecular weight is 337 g/mol. The van der Waals surface area contributed by atoms with E-state index in [0.717, 1.165) is 11.3 Å². The van der Waals surface area contributed by atoms with Crippen LogP contribution in [-0.2, 0) is 4.79 Å². The van der Waals surface area contributed by atoms with E-state index in [2.05, 4.69) is 31.3 Å². The molecule has 3 N–H and O–H groups in total. The molecule has 0 bridgehead atoms. The third-order valence-corrected chi connectivity index (χ3v) is 4.35. The first-order valence-electron chi connectivity index (χ1n) is 8.24. The predicted octanol–water partition coefficient (Wildman–Crippen LogP) is 0.909. The number of hydrazine groups is 1. The topological polar surface area (TPSA) is 96.2 Å². The predicted molar refractivity (Wildman–Crippen MR) is 91.2 cm³/mol. The van der Waals surface area contributed by atoms with Gasteiger partial charge in [0.1, 0.15) is 6.04 Å². The molecule has 0 saturated carbocycles. The number of aromatic nitrogens is 4. The van der Waals surface area contributed by atoms with Crippen molar-refractivity contribution in [1.82, 2.24) is 35.8 Å². The van der Waals surface area contributed by atoms with Crippen molar-refractivity contribution in [2.75, 3.05) is 0 Å². The van der Waals surface area contributed by atoms with Crippen LogP contribution in [0.2, 0.25) is 0 Å². The first kappa shape index (κ1) is 15.7. The lowest BCUT2D eigenvalue weighted by atomic mass is 10.1. The van der Waals surface area contributed by atoms with E-state index in [1.807, 2.05) is 53.9 Å². The second kappa shape index (κ2) is 6.58. The molecule has 25 heavy (non-hydrogen) atoms. The van der Waals surface area contributed by atoms with Crippen LogP contribution in [0.15, 0.2) is 48.8 Å². The zero-order valence-corrected chi connectivity index (χ0v) is 13.8. The van der Waals surface area contributed by atoms with E-state index in [-0.39, 0.29) is 24.0 Å². The van der Waals surface area contributed by atoms with Crippen LogP contribution < -0.4 is 16.2 Å². The number of hydrogen-bond acceptors (Lipinski definition) is 6. The minimum atomic E-state index is -0.325. The lowest BCUT2D eigenvalue weighted by Crippen LogP contribution is -2.44. The molecule has 4 rings (SSSR count). The molecule has 8 nitrogen and oxygen atoms in total. The number of pyridine rings is 2. The van der Waals surface area contributed by atoms with Crippen LogP contribution in [0.4, 0.5) is 0 Å². The fourth-order valence-electron chi connectivity index (χ4n) is 3.04. The van der Waals surface area contributed by atoms with Gasteiger partial charge in [0.15, 0.2) is 11.5 Å². The molecule has 1 amide bonds. The summed E-state index contributed by atoms with van der Waals surface area (Å²) in [5.41, 5.74) is 7.86. The molecular formula is C17H19N7O. The molecule has 1 saturated heterocycles. The molecular weight excluding hydrogens is 318 g/mol. The molecule has 8 heteroatoms. The van der Waals surface area contributed by atoms with Crippen molar-refractivity contribution in [2.24, 2.45) is 0 Å². The first-order chi connectivity index (χ1) is 12.2. The van der Waals surface area contributed by atoms with Crippen LogP contribution in [0.25, 0.3) is 5.65 Å². The number of nitrogens with zero attached hydrogens (tertiary/aromatic N) is 4. The molecule has 3 aromatic heterocycles. The summed E-state index contributed by atoms with van der Waals surface area (Å²) in [6, 6.07) is 10.9. The number of fused-ring (bicyclic) bond motifs is 1. The number of hydrogen-bond donors (Lipinski definition) is 3. The van der Waals surface area contributed by atoms with Crippen molar-refractivity contribution in [3.05, 3.63) is 60.3 Å². The molecule has 0 spiro atoms. The van der Waals surface area contributed by atoms with Gasteiger partial charge in [-0.15, -0.1) is 10.2 Å². The molecule has 1 aliphatic rings. The standard InChI is InChI=1S/C17H19N7O/c1-11(16-23-22-15-7-3-5-9-24(15)16)19-17(25)14-10-13(20-21-14)12-6-2-4-8-18-12/h2-9,11,13-14,20-21H,10H2,1H3,(H,19,25). The van der Waals surface area contributed by atoms with Gasteiger partial charge in [-0.2, -0.15) is 0 Å². The van der Waals surface area contributed by atoms with Crippen molar-refractivity contribution in [2.45, 2.75) is 31.5 Å². The minimum Gasteiger partial charge on any atom is -0.345 e. The van der Waals surface area contributed by atoms with Crippen LogP contribution in [0.1, 0.15) is 36.9 Å². The van der Waals surface area contributed by atoms with Crippen molar-refractivity contribution in [1.29, 1.82) is 0 Å². The Morgan fingerprint density at radius 3 is 2.96 bits per heavy atom. The third kappa shape index (κ3) is 3.09. The van der Waals surface area contributed by atoms with E-state index < -0.39 is 0 Å². The Labute approximate surface area is 144 Å². The van der Waals surface area contributed by atoms with Crippen molar-refractivity contribution in [3.8, 4) is 0 Å². The van der Waals surface area contributed by atoms with Gasteiger partial charge in [0.25, 0.3) is 0 Å². The van der Waals surface area contributed by atoms with Crippen molar-refractivity contribution < 1.29 is 4.79 Å². The Morgan fingerprint density at radius 1 is 1.24 bits per heavy atom. The monoisotopic (exact) mass is 337 g/mol. The Kier molecular flexibility index (Phi) is 4.12. The SMILES string of the molecule is CC(NC(=O)C1CC(c2ccccn2)NN1)c1nnc2ccccn12.